The van der Waals surface area contributed by atoms with Crippen molar-refractivity contribution in [2.24, 2.45) is 5.73 Å². The molecular formula is C15H23NOS. The Morgan fingerprint density at radius 1 is 1.22 bits per heavy atom. The van der Waals surface area contributed by atoms with Gasteiger partial charge < -0.3 is 10.5 Å². The molecule has 1 aromatic carbocycles. The van der Waals surface area contributed by atoms with Gasteiger partial charge in [0.2, 0.25) is 0 Å². The number of methoxy groups -OCH3 is 1. The van der Waals surface area contributed by atoms with Crippen LogP contribution in [0.15, 0.2) is 17.0 Å². The summed E-state index contributed by atoms with van der Waals surface area (Å²) in [7, 11) is 1.74. The van der Waals surface area contributed by atoms with Crippen LogP contribution in [-0.2, 0) is 5.54 Å². The molecule has 0 spiro atoms. The van der Waals surface area contributed by atoms with Crippen LogP contribution in [0.1, 0.15) is 43.2 Å². The molecule has 1 fully saturated rings. The summed E-state index contributed by atoms with van der Waals surface area (Å²) in [5.41, 5.74) is 8.91. The lowest BCUT2D eigenvalue weighted by Crippen LogP contribution is -2.39. The number of thioether (sulfide) groups is 1. The van der Waals surface area contributed by atoms with Gasteiger partial charge in [0.05, 0.1) is 7.11 Å². The number of nitrogens with two attached hydrogens (primary N) is 1. The van der Waals surface area contributed by atoms with Crippen LogP contribution in [0.4, 0.5) is 0 Å². The van der Waals surface area contributed by atoms with Gasteiger partial charge in [0.15, 0.2) is 0 Å². The van der Waals surface area contributed by atoms with E-state index in [0.717, 1.165) is 18.6 Å². The average Bonchev–Trinajstić information content (AvgIpc) is 2.39. The lowest BCUT2D eigenvalue weighted by molar-refractivity contribution is 0.288. The van der Waals surface area contributed by atoms with Gasteiger partial charge in [-0.3, -0.25) is 0 Å². The van der Waals surface area contributed by atoms with E-state index in [1.165, 1.54) is 35.3 Å². The Hall–Kier alpha value is -0.670. The lowest BCUT2D eigenvalue weighted by Gasteiger charge is -2.35. The van der Waals surface area contributed by atoms with Crippen molar-refractivity contribution in [3.05, 3.63) is 23.3 Å². The fourth-order valence-electron chi connectivity index (χ4n) is 2.89. The second kappa shape index (κ2) is 5.54. The van der Waals surface area contributed by atoms with Crippen LogP contribution in [0.25, 0.3) is 0 Å². The van der Waals surface area contributed by atoms with E-state index in [-0.39, 0.29) is 5.54 Å². The van der Waals surface area contributed by atoms with Crippen LogP contribution < -0.4 is 10.5 Å². The Bertz CT molecular complexity index is 425. The topological polar surface area (TPSA) is 35.2 Å². The predicted molar refractivity (Wildman–Crippen MR) is 78.5 cm³/mol. The number of rotatable bonds is 3. The van der Waals surface area contributed by atoms with Crippen molar-refractivity contribution in [1.29, 1.82) is 0 Å². The molecule has 0 saturated heterocycles. The van der Waals surface area contributed by atoms with Crippen molar-refractivity contribution in [1.82, 2.24) is 0 Å². The molecule has 0 unspecified atom stereocenters. The SMILES string of the molecule is COc1cc(C)c(SC)cc1C1(N)CCCCC1. The second-order valence-corrected chi connectivity index (χ2v) is 6.09. The number of hydrogen-bond acceptors (Lipinski definition) is 3. The van der Waals surface area contributed by atoms with Crippen molar-refractivity contribution in [3.63, 3.8) is 0 Å². The smallest absolute Gasteiger partial charge is 0.124 e. The summed E-state index contributed by atoms with van der Waals surface area (Å²) >= 11 is 1.78. The van der Waals surface area contributed by atoms with Crippen LogP contribution >= 0.6 is 11.8 Å². The van der Waals surface area contributed by atoms with E-state index in [0.29, 0.717) is 0 Å². The highest BCUT2D eigenvalue weighted by Crippen LogP contribution is 2.41. The first kappa shape index (κ1) is 13.8. The summed E-state index contributed by atoms with van der Waals surface area (Å²) in [6.07, 6.45) is 8.01. The molecule has 2 nitrogen and oxygen atoms in total. The molecule has 0 amide bonds. The maximum absolute atomic E-state index is 6.64. The van der Waals surface area contributed by atoms with Gasteiger partial charge in [0.25, 0.3) is 0 Å². The number of aryl methyl sites for hydroxylation is 1. The fourth-order valence-corrected chi connectivity index (χ4v) is 3.51. The molecule has 1 aliphatic carbocycles. The highest BCUT2D eigenvalue weighted by molar-refractivity contribution is 7.98. The van der Waals surface area contributed by atoms with Crippen molar-refractivity contribution >= 4 is 11.8 Å². The summed E-state index contributed by atoms with van der Waals surface area (Å²) in [6, 6.07) is 4.37. The molecule has 2 N–H and O–H groups in total. The van der Waals surface area contributed by atoms with Crippen LogP contribution in [0.3, 0.4) is 0 Å². The first-order chi connectivity index (χ1) is 8.60. The monoisotopic (exact) mass is 265 g/mol. The van der Waals surface area contributed by atoms with Gasteiger partial charge in [0.1, 0.15) is 5.75 Å². The third-order valence-corrected chi connectivity index (χ3v) is 4.88. The number of hydrogen-bond donors (Lipinski definition) is 1. The zero-order chi connectivity index (χ0) is 13.2. The molecule has 0 aromatic heterocycles. The molecule has 0 aliphatic heterocycles. The van der Waals surface area contributed by atoms with Gasteiger partial charge in [-0.15, -0.1) is 11.8 Å². The zero-order valence-electron chi connectivity index (χ0n) is 11.6. The van der Waals surface area contributed by atoms with Crippen LogP contribution in [0.5, 0.6) is 5.75 Å². The Kier molecular flexibility index (Phi) is 4.23. The zero-order valence-corrected chi connectivity index (χ0v) is 12.4. The van der Waals surface area contributed by atoms with E-state index in [9.17, 15) is 0 Å². The largest absolute Gasteiger partial charge is 0.496 e. The molecule has 0 bridgehead atoms. The lowest BCUT2D eigenvalue weighted by atomic mass is 9.77. The maximum Gasteiger partial charge on any atom is 0.124 e. The summed E-state index contributed by atoms with van der Waals surface area (Å²) in [6.45, 7) is 2.13. The van der Waals surface area contributed by atoms with Crippen molar-refractivity contribution in [3.8, 4) is 5.75 Å². The van der Waals surface area contributed by atoms with Crippen molar-refractivity contribution in [2.75, 3.05) is 13.4 Å². The molecule has 1 saturated carbocycles. The van der Waals surface area contributed by atoms with E-state index in [4.69, 9.17) is 10.5 Å². The molecule has 1 aliphatic rings. The Balaban J connectivity index is 2.47. The van der Waals surface area contributed by atoms with Gasteiger partial charge in [0, 0.05) is 16.0 Å². The summed E-state index contributed by atoms with van der Waals surface area (Å²) in [5.74, 6) is 0.953. The highest BCUT2D eigenvalue weighted by Gasteiger charge is 2.32. The summed E-state index contributed by atoms with van der Waals surface area (Å²) in [4.78, 5) is 1.31. The molecule has 18 heavy (non-hydrogen) atoms. The Labute approximate surface area is 114 Å². The minimum Gasteiger partial charge on any atom is -0.496 e. The first-order valence-corrected chi connectivity index (χ1v) is 7.85. The Morgan fingerprint density at radius 3 is 2.44 bits per heavy atom. The molecule has 0 radical (unpaired) electrons. The third-order valence-electron chi connectivity index (χ3n) is 4.00. The summed E-state index contributed by atoms with van der Waals surface area (Å²) in [5, 5.41) is 0. The summed E-state index contributed by atoms with van der Waals surface area (Å²) < 4.78 is 5.55. The third kappa shape index (κ3) is 2.52. The minimum absolute atomic E-state index is 0.193. The molecule has 0 heterocycles. The first-order valence-electron chi connectivity index (χ1n) is 6.63. The van der Waals surface area contributed by atoms with E-state index >= 15 is 0 Å². The second-order valence-electron chi connectivity index (χ2n) is 5.24. The quantitative estimate of drug-likeness (QED) is 0.843. The van der Waals surface area contributed by atoms with Crippen LogP contribution in [-0.4, -0.2) is 13.4 Å². The molecule has 100 valence electrons. The standard InChI is InChI=1S/C15H23NOS/c1-11-9-13(17-2)12(10-14(11)18-3)15(16)7-5-4-6-8-15/h9-10H,4-8,16H2,1-3H3. The maximum atomic E-state index is 6.64. The van der Waals surface area contributed by atoms with Gasteiger partial charge in [-0.25, -0.2) is 0 Å². The Morgan fingerprint density at radius 2 is 1.89 bits per heavy atom. The fraction of sp³-hybridized carbons (Fsp3) is 0.600. The molecule has 0 atom stereocenters. The van der Waals surface area contributed by atoms with Gasteiger partial charge in [-0.2, -0.15) is 0 Å². The molecule has 1 aromatic rings. The minimum atomic E-state index is -0.193. The van der Waals surface area contributed by atoms with Crippen molar-refractivity contribution in [2.45, 2.75) is 49.5 Å². The van der Waals surface area contributed by atoms with Crippen LogP contribution in [0.2, 0.25) is 0 Å². The molecule has 2 rings (SSSR count). The predicted octanol–water partition coefficient (Wildman–Crippen LogP) is 3.84. The molecule has 3 heteroatoms. The van der Waals surface area contributed by atoms with E-state index in [1.54, 1.807) is 18.9 Å². The molecular weight excluding hydrogens is 242 g/mol. The number of ether oxygens (including phenoxy) is 1. The van der Waals surface area contributed by atoms with E-state index in [2.05, 4.69) is 25.3 Å². The van der Waals surface area contributed by atoms with E-state index < -0.39 is 0 Å². The normalized spacial score (nSPS) is 18.7. The van der Waals surface area contributed by atoms with Crippen LogP contribution in [0, 0.1) is 6.92 Å². The number of benzene rings is 1. The van der Waals surface area contributed by atoms with Crippen molar-refractivity contribution < 1.29 is 4.74 Å². The highest BCUT2D eigenvalue weighted by atomic mass is 32.2. The average molecular weight is 265 g/mol. The van der Waals surface area contributed by atoms with Gasteiger partial charge in [-0.05, 0) is 43.7 Å². The van der Waals surface area contributed by atoms with E-state index in [1.807, 2.05) is 0 Å². The van der Waals surface area contributed by atoms with Gasteiger partial charge >= 0.3 is 0 Å². The van der Waals surface area contributed by atoms with Gasteiger partial charge in [-0.1, -0.05) is 19.3 Å².